The SMILES string of the molecule is Cc1cc(Br)ccc1NC(=O)c1cccnc1SC1CCCC1. The summed E-state index contributed by atoms with van der Waals surface area (Å²) < 4.78 is 1.01. The van der Waals surface area contributed by atoms with Crippen molar-refractivity contribution in [1.29, 1.82) is 0 Å². The number of anilines is 1. The largest absolute Gasteiger partial charge is 0.322 e. The summed E-state index contributed by atoms with van der Waals surface area (Å²) in [6.07, 6.45) is 6.76. The fourth-order valence-electron chi connectivity index (χ4n) is 2.78. The molecule has 0 radical (unpaired) electrons. The van der Waals surface area contributed by atoms with Crippen LogP contribution >= 0.6 is 27.7 Å². The molecule has 0 atom stereocenters. The summed E-state index contributed by atoms with van der Waals surface area (Å²) in [4.78, 5) is 17.1. The Morgan fingerprint density at radius 2 is 2.09 bits per heavy atom. The monoisotopic (exact) mass is 390 g/mol. The number of carbonyl (C=O) groups is 1. The Bertz CT molecular complexity index is 714. The molecule has 1 amide bonds. The lowest BCUT2D eigenvalue weighted by Gasteiger charge is -2.13. The van der Waals surface area contributed by atoms with E-state index < -0.39 is 0 Å². The van der Waals surface area contributed by atoms with Crippen LogP contribution in [0, 0.1) is 6.92 Å². The Hall–Kier alpha value is -1.33. The Labute approximate surface area is 149 Å². The number of nitrogens with one attached hydrogen (secondary N) is 1. The highest BCUT2D eigenvalue weighted by Gasteiger charge is 2.21. The van der Waals surface area contributed by atoms with Gasteiger partial charge in [-0.05, 0) is 55.7 Å². The molecule has 1 fully saturated rings. The van der Waals surface area contributed by atoms with E-state index >= 15 is 0 Å². The average molecular weight is 391 g/mol. The molecule has 3 rings (SSSR count). The highest BCUT2D eigenvalue weighted by molar-refractivity contribution is 9.10. The summed E-state index contributed by atoms with van der Waals surface area (Å²) >= 11 is 5.19. The van der Waals surface area contributed by atoms with Gasteiger partial charge < -0.3 is 5.32 Å². The molecule has 1 aromatic heterocycles. The minimum Gasteiger partial charge on any atom is -0.322 e. The lowest BCUT2D eigenvalue weighted by molar-refractivity contribution is 0.102. The second-order valence-electron chi connectivity index (χ2n) is 5.79. The molecule has 1 aromatic carbocycles. The predicted octanol–water partition coefficient (Wildman–Crippen LogP) is 5.44. The number of aromatic nitrogens is 1. The van der Waals surface area contributed by atoms with E-state index in [0.717, 1.165) is 20.7 Å². The molecule has 23 heavy (non-hydrogen) atoms. The van der Waals surface area contributed by atoms with Gasteiger partial charge in [0.2, 0.25) is 0 Å². The van der Waals surface area contributed by atoms with Gasteiger partial charge in [-0.1, -0.05) is 28.8 Å². The van der Waals surface area contributed by atoms with Crippen molar-refractivity contribution in [3.05, 3.63) is 52.1 Å². The number of amides is 1. The fourth-order valence-corrected chi connectivity index (χ4v) is 4.55. The van der Waals surface area contributed by atoms with Gasteiger partial charge in [-0.2, -0.15) is 0 Å². The number of halogens is 1. The van der Waals surface area contributed by atoms with E-state index in [1.165, 1.54) is 25.7 Å². The Morgan fingerprint density at radius 1 is 1.30 bits per heavy atom. The first-order chi connectivity index (χ1) is 11.1. The number of nitrogens with zero attached hydrogens (tertiary/aromatic N) is 1. The molecule has 0 aliphatic heterocycles. The molecule has 5 heteroatoms. The number of benzene rings is 1. The first-order valence-electron chi connectivity index (χ1n) is 7.82. The lowest BCUT2D eigenvalue weighted by atomic mass is 10.2. The van der Waals surface area contributed by atoms with E-state index in [1.807, 2.05) is 37.3 Å². The van der Waals surface area contributed by atoms with Crippen molar-refractivity contribution in [2.45, 2.75) is 42.9 Å². The first kappa shape index (κ1) is 16.5. The van der Waals surface area contributed by atoms with Crippen LogP contribution < -0.4 is 5.32 Å². The van der Waals surface area contributed by atoms with Crippen LogP contribution in [0.15, 0.2) is 46.0 Å². The fraction of sp³-hybridized carbons (Fsp3) is 0.333. The van der Waals surface area contributed by atoms with E-state index in [-0.39, 0.29) is 5.91 Å². The van der Waals surface area contributed by atoms with E-state index in [2.05, 4.69) is 26.2 Å². The third-order valence-corrected chi connectivity index (χ3v) is 5.88. The molecular weight excluding hydrogens is 372 g/mol. The molecule has 3 nitrogen and oxygen atoms in total. The van der Waals surface area contributed by atoms with Crippen molar-refractivity contribution in [3.8, 4) is 0 Å². The molecule has 2 aromatic rings. The normalized spacial score (nSPS) is 14.9. The molecule has 1 N–H and O–H groups in total. The maximum absolute atomic E-state index is 12.7. The zero-order chi connectivity index (χ0) is 16.2. The van der Waals surface area contributed by atoms with Crippen molar-refractivity contribution in [2.24, 2.45) is 0 Å². The van der Waals surface area contributed by atoms with Crippen LogP contribution in [-0.2, 0) is 0 Å². The Kier molecular flexibility index (Phi) is 5.38. The molecule has 1 aliphatic carbocycles. The van der Waals surface area contributed by atoms with Gasteiger partial charge in [0.1, 0.15) is 5.03 Å². The van der Waals surface area contributed by atoms with Crippen molar-refractivity contribution >= 4 is 39.3 Å². The number of thioether (sulfide) groups is 1. The first-order valence-corrected chi connectivity index (χ1v) is 9.50. The summed E-state index contributed by atoms with van der Waals surface area (Å²) in [5.41, 5.74) is 2.52. The molecule has 0 unspecified atom stereocenters. The van der Waals surface area contributed by atoms with Crippen LogP contribution in [0.1, 0.15) is 41.6 Å². The van der Waals surface area contributed by atoms with Crippen LogP contribution in [0.4, 0.5) is 5.69 Å². The smallest absolute Gasteiger partial charge is 0.258 e. The quantitative estimate of drug-likeness (QED) is 0.755. The standard InChI is InChI=1S/C18H19BrN2OS/c1-12-11-13(19)8-9-16(12)21-17(22)15-7-4-10-20-18(15)23-14-5-2-3-6-14/h4,7-11,14H,2-3,5-6H2,1H3,(H,21,22). The van der Waals surface area contributed by atoms with E-state index in [4.69, 9.17) is 0 Å². The molecule has 1 aliphatic rings. The number of hydrogen-bond acceptors (Lipinski definition) is 3. The minimum absolute atomic E-state index is 0.0935. The van der Waals surface area contributed by atoms with Crippen molar-refractivity contribution in [1.82, 2.24) is 4.98 Å². The topological polar surface area (TPSA) is 42.0 Å². The van der Waals surface area contributed by atoms with Crippen LogP contribution in [0.5, 0.6) is 0 Å². The van der Waals surface area contributed by atoms with Gasteiger partial charge in [0.25, 0.3) is 5.91 Å². The predicted molar refractivity (Wildman–Crippen MR) is 99.2 cm³/mol. The van der Waals surface area contributed by atoms with Gasteiger partial charge >= 0.3 is 0 Å². The maximum atomic E-state index is 12.7. The summed E-state index contributed by atoms with van der Waals surface area (Å²) in [6.45, 7) is 1.98. The van der Waals surface area contributed by atoms with E-state index in [0.29, 0.717) is 10.8 Å². The Balaban J connectivity index is 1.78. The second-order valence-corrected chi connectivity index (χ2v) is 8.00. The van der Waals surface area contributed by atoms with Gasteiger partial charge in [-0.25, -0.2) is 4.98 Å². The third-order valence-electron chi connectivity index (χ3n) is 4.03. The molecule has 1 saturated carbocycles. The molecule has 0 bridgehead atoms. The number of aryl methyl sites for hydroxylation is 1. The zero-order valence-electron chi connectivity index (χ0n) is 13.0. The van der Waals surface area contributed by atoms with E-state index in [1.54, 1.807) is 18.0 Å². The number of pyridine rings is 1. The molecule has 1 heterocycles. The average Bonchev–Trinajstić information content (AvgIpc) is 3.03. The summed E-state index contributed by atoms with van der Waals surface area (Å²) in [6, 6.07) is 9.51. The molecule has 0 saturated heterocycles. The zero-order valence-corrected chi connectivity index (χ0v) is 15.4. The minimum atomic E-state index is -0.0935. The van der Waals surface area contributed by atoms with Gasteiger partial charge in [0.15, 0.2) is 0 Å². The van der Waals surface area contributed by atoms with Gasteiger partial charge in [-0.3, -0.25) is 4.79 Å². The molecular formula is C18H19BrN2OS. The third kappa shape index (κ3) is 4.15. The lowest BCUT2D eigenvalue weighted by Crippen LogP contribution is -2.15. The van der Waals surface area contributed by atoms with Crippen molar-refractivity contribution < 1.29 is 4.79 Å². The van der Waals surface area contributed by atoms with Crippen LogP contribution in [0.25, 0.3) is 0 Å². The highest BCUT2D eigenvalue weighted by Crippen LogP contribution is 2.35. The van der Waals surface area contributed by atoms with Crippen molar-refractivity contribution in [2.75, 3.05) is 5.32 Å². The van der Waals surface area contributed by atoms with Crippen LogP contribution in [0.2, 0.25) is 0 Å². The van der Waals surface area contributed by atoms with Gasteiger partial charge in [-0.15, -0.1) is 11.8 Å². The van der Waals surface area contributed by atoms with Crippen LogP contribution in [-0.4, -0.2) is 16.1 Å². The summed E-state index contributed by atoms with van der Waals surface area (Å²) in [7, 11) is 0. The summed E-state index contributed by atoms with van der Waals surface area (Å²) in [5.74, 6) is -0.0935. The van der Waals surface area contributed by atoms with Crippen molar-refractivity contribution in [3.63, 3.8) is 0 Å². The number of carbonyl (C=O) groups excluding carboxylic acids is 1. The van der Waals surface area contributed by atoms with Crippen LogP contribution in [0.3, 0.4) is 0 Å². The van der Waals surface area contributed by atoms with Gasteiger partial charge in [0, 0.05) is 21.6 Å². The number of hydrogen-bond donors (Lipinski definition) is 1. The Morgan fingerprint density at radius 3 is 2.83 bits per heavy atom. The van der Waals surface area contributed by atoms with Gasteiger partial charge in [0.05, 0.1) is 5.56 Å². The van der Waals surface area contributed by atoms with E-state index in [9.17, 15) is 4.79 Å². The molecule has 120 valence electrons. The summed E-state index contributed by atoms with van der Waals surface area (Å²) in [5, 5.41) is 4.43. The maximum Gasteiger partial charge on any atom is 0.258 e. The molecule has 0 spiro atoms. The number of rotatable bonds is 4. The second kappa shape index (κ2) is 7.49. The highest BCUT2D eigenvalue weighted by atomic mass is 79.9.